The molecule has 11 heteroatoms. The topological polar surface area (TPSA) is 119 Å². The van der Waals surface area contributed by atoms with Crippen molar-refractivity contribution < 1.29 is 28.7 Å². The molecule has 0 radical (unpaired) electrons. The second kappa shape index (κ2) is 12.5. The van der Waals surface area contributed by atoms with Crippen LogP contribution in [0.15, 0.2) is 60.0 Å². The summed E-state index contributed by atoms with van der Waals surface area (Å²) in [5, 5.41) is 16.8. The third-order valence-corrected chi connectivity index (χ3v) is 8.23. The summed E-state index contributed by atoms with van der Waals surface area (Å²) in [4.78, 5) is 55.2. The molecule has 1 aromatic heterocycles. The fraction of sp³-hybridized carbons (Fsp3) is 0.333. The second-order valence-corrected chi connectivity index (χ2v) is 11.3. The van der Waals surface area contributed by atoms with Gasteiger partial charge in [-0.05, 0) is 67.1 Å². The summed E-state index contributed by atoms with van der Waals surface area (Å²) >= 11 is 1.35. The van der Waals surface area contributed by atoms with E-state index in [1.807, 2.05) is 10.3 Å². The van der Waals surface area contributed by atoms with Crippen LogP contribution in [0.5, 0.6) is 0 Å². The Bertz CT molecular complexity index is 1440. The molecule has 9 nitrogen and oxygen atoms in total. The van der Waals surface area contributed by atoms with Crippen molar-refractivity contribution in [2.45, 2.75) is 31.7 Å². The average molecular weight is 579 g/mol. The fourth-order valence-electron chi connectivity index (χ4n) is 4.97. The molecule has 1 saturated carbocycles. The number of thiophene rings is 1. The van der Waals surface area contributed by atoms with E-state index in [2.05, 4.69) is 15.5 Å². The largest absolute Gasteiger partial charge is 0.481 e. The smallest absolute Gasteiger partial charge is 0.305 e. The van der Waals surface area contributed by atoms with Gasteiger partial charge in [0.1, 0.15) is 5.82 Å². The van der Waals surface area contributed by atoms with Gasteiger partial charge in [-0.3, -0.25) is 19.2 Å². The Morgan fingerprint density at radius 3 is 2.46 bits per heavy atom. The monoisotopic (exact) mass is 578 g/mol. The van der Waals surface area contributed by atoms with Gasteiger partial charge in [-0.15, -0.1) is 11.3 Å². The predicted molar refractivity (Wildman–Crippen MR) is 154 cm³/mol. The van der Waals surface area contributed by atoms with Crippen LogP contribution >= 0.6 is 11.3 Å². The first kappa shape index (κ1) is 28.3. The molecule has 1 saturated heterocycles. The highest BCUT2D eigenvalue weighted by molar-refractivity contribution is 7.10. The minimum Gasteiger partial charge on any atom is -0.481 e. The first-order chi connectivity index (χ1) is 19.8. The molecule has 5 rings (SSSR count). The zero-order chi connectivity index (χ0) is 28.9. The van der Waals surface area contributed by atoms with Gasteiger partial charge in [0.05, 0.1) is 23.8 Å². The van der Waals surface area contributed by atoms with E-state index < -0.39 is 29.6 Å². The van der Waals surface area contributed by atoms with Crippen LogP contribution in [0, 0.1) is 11.7 Å². The summed E-state index contributed by atoms with van der Waals surface area (Å²) in [5.74, 6) is -2.28. The molecular weight excluding hydrogens is 547 g/mol. The molecule has 3 N–H and O–H groups in total. The summed E-state index contributed by atoms with van der Waals surface area (Å²) in [7, 11) is 0. The molecule has 0 bridgehead atoms. The molecule has 2 aromatic carbocycles. The number of nitrogens with zero attached hydrogens (tertiary/aromatic N) is 2. The van der Waals surface area contributed by atoms with Crippen LogP contribution in [0.4, 0.5) is 15.8 Å². The van der Waals surface area contributed by atoms with Gasteiger partial charge in [-0.25, -0.2) is 4.39 Å². The van der Waals surface area contributed by atoms with E-state index in [1.54, 1.807) is 30.3 Å². The number of hydrogen-bond donors (Lipinski definition) is 3. The number of rotatable bonds is 9. The normalized spacial score (nSPS) is 16.0. The Balaban J connectivity index is 1.41. The van der Waals surface area contributed by atoms with Crippen LogP contribution in [0.2, 0.25) is 0 Å². The standard InChI is InChI=1S/C30H31FN4O5S/c31-22-5-1-4-20(16-22)28(38)32-23-17-21(29(39)33-24(18-27(36)37)26-6-2-15-41-26)9-10-25(23)34-11-3-12-35(14-13-34)30(40)19-7-8-19/h1-2,4-6,9-10,15-17,19,24H,3,7-8,11-14,18H2,(H,32,38)(H,33,39)(H,36,37). The number of carboxylic acids is 1. The number of carbonyl (C=O) groups is 4. The number of halogens is 1. The first-order valence-electron chi connectivity index (χ1n) is 13.6. The van der Waals surface area contributed by atoms with Gasteiger partial charge in [0, 0.05) is 48.1 Å². The Labute approximate surface area is 241 Å². The third kappa shape index (κ3) is 7.10. The zero-order valence-electron chi connectivity index (χ0n) is 22.3. The first-order valence-corrected chi connectivity index (χ1v) is 14.5. The van der Waals surface area contributed by atoms with E-state index in [4.69, 9.17) is 0 Å². The second-order valence-electron chi connectivity index (χ2n) is 10.3. The summed E-state index contributed by atoms with van der Waals surface area (Å²) in [6.07, 6.45) is 2.35. The summed E-state index contributed by atoms with van der Waals surface area (Å²) in [6.45, 7) is 2.39. The summed E-state index contributed by atoms with van der Waals surface area (Å²) < 4.78 is 13.8. The third-order valence-electron chi connectivity index (χ3n) is 7.24. The number of aliphatic carboxylic acids is 1. The van der Waals surface area contributed by atoms with Crippen molar-refractivity contribution in [3.63, 3.8) is 0 Å². The molecule has 0 spiro atoms. The van der Waals surface area contributed by atoms with E-state index in [0.29, 0.717) is 42.4 Å². The zero-order valence-corrected chi connectivity index (χ0v) is 23.2. The van der Waals surface area contributed by atoms with Crippen LogP contribution < -0.4 is 15.5 Å². The van der Waals surface area contributed by atoms with E-state index >= 15 is 0 Å². The van der Waals surface area contributed by atoms with Gasteiger partial charge in [0.25, 0.3) is 11.8 Å². The van der Waals surface area contributed by atoms with Crippen LogP contribution in [-0.2, 0) is 9.59 Å². The Hall–Kier alpha value is -4.25. The number of carboxylic acid groups (broad SMARTS) is 1. The highest BCUT2D eigenvalue weighted by Gasteiger charge is 2.34. The summed E-state index contributed by atoms with van der Waals surface area (Å²) in [5.41, 5.74) is 1.39. The van der Waals surface area contributed by atoms with Crippen LogP contribution in [0.25, 0.3) is 0 Å². The van der Waals surface area contributed by atoms with E-state index in [1.165, 1.54) is 29.5 Å². The molecule has 1 aliphatic heterocycles. The maximum atomic E-state index is 13.8. The van der Waals surface area contributed by atoms with Crippen LogP contribution in [0.1, 0.15) is 57.3 Å². The van der Waals surface area contributed by atoms with Crippen molar-refractivity contribution in [1.82, 2.24) is 10.2 Å². The number of carbonyl (C=O) groups excluding carboxylic acids is 3. The lowest BCUT2D eigenvalue weighted by atomic mass is 10.1. The average Bonchev–Trinajstić information content (AvgIpc) is 3.71. The minimum absolute atomic E-state index is 0.127. The molecule has 1 atom stereocenters. The lowest BCUT2D eigenvalue weighted by molar-refractivity contribution is -0.137. The highest BCUT2D eigenvalue weighted by atomic mass is 32.1. The molecule has 2 heterocycles. The van der Waals surface area contributed by atoms with Crippen molar-refractivity contribution >= 4 is 46.4 Å². The number of nitrogens with one attached hydrogen (secondary N) is 2. The Morgan fingerprint density at radius 2 is 1.76 bits per heavy atom. The van der Waals surface area contributed by atoms with Crippen LogP contribution in [0.3, 0.4) is 0 Å². The van der Waals surface area contributed by atoms with Crippen molar-refractivity contribution in [2.24, 2.45) is 5.92 Å². The highest BCUT2D eigenvalue weighted by Crippen LogP contribution is 2.33. The summed E-state index contributed by atoms with van der Waals surface area (Å²) in [6, 6.07) is 13.1. The predicted octanol–water partition coefficient (Wildman–Crippen LogP) is 4.53. The molecule has 2 aliphatic rings. The number of benzene rings is 2. The molecule has 3 aromatic rings. The number of anilines is 2. The molecule has 1 unspecified atom stereocenters. The Kier molecular flexibility index (Phi) is 8.63. The number of amides is 3. The number of hydrogen-bond acceptors (Lipinski definition) is 6. The van der Waals surface area contributed by atoms with Gasteiger partial charge in [-0.2, -0.15) is 0 Å². The maximum Gasteiger partial charge on any atom is 0.305 e. The van der Waals surface area contributed by atoms with Gasteiger partial charge in [0.15, 0.2) is 0 Å². The van der Waals surface area contributed by atoms with Gasteiger partial charge < -0.3 is 25.5 Å². The van der Waals surface area contributed by atoms with E-state index in [9.17, 15) is 28.7 Å². The lowest BCUT2D eigenvalue weighted by Gasteiger charge is -2.27. The van der Waals surface area contributed by atoms with Crippen molar-refractivity contribution in [1.29, 1.82) is 0 Å². The SMILES string of the molecule is O=C(O)CC(NC(=O)c1ccc(N2CCCN(C(=O)C3CC3)CC2)c(NC(=O)c2cccc(F)c2)c1)c1cccs1. The minimum atomic E-state index is -1.04. The molecular formula is C30H31FN4O5S. The van der Waals surface area contributed by atoms with Crippen molar-refractivity contribution in [3.8, 4) is 0 Å². The van der Waals surface area contributed by atoms with Crippen molar-refractivity contribution in [2.75, 3.05) is 36.4 Å². The molecule has 2 fully saturated rings. The molecule has 3 amide bonds. The Morgan fingerprint density at radius 1 is 0.951 bits per heavy atom. The maximum absolute atomic E-state index is 13.8. The molecule has 214 valence electrons. The lowest BCUT2D eigenvalue weighted by Crippen LogP contribution is -2.36. The molecule has 1 aliphatic carbocycles. The quantitative estimate of drug-likeness (QED) is 0.343. The molecule has 41 heavy (non-hydrogen) atoms. The van der Waals surface area contributed by atoms with E-state index in [-0.39, 0.29) is 29.4 Å². The van der Waals surface area contributed by atoms with Crippen LogP contribution in [-0.4, -0.2) is 59.9 Å². The van der Waals surface area contributed by atoms with E-state index in [0.717, 1.165) is 25.3 Å². The van der Waals surface area contributed by atoms with Crippen molar-refractivity contribution in [3.05, 3.63) is 81.8 Å². The van der Waals surface area contributed by atoms with Gasteiger partial charge >= 0.3 is 5.97 Å². The van der Waals surface area contributed by atoms with Gasteiger partial charge in [0.2, 0.25) is 5.91 Å². The van der Waals surface area contributed by atoms with Gasteiger partial charge in [-0.1, -0.05) is 12.1 Å². The fourth-order valence-corrected chi connectivity index (χ4v) is 5.75.